The zero-order valence-electron chi connectivity index (χ0n) is 31.5. The maximum atomic E-state index is 13.0. The molecule has 12 nitrogen and oxygen atoms in total. The number of anilines is 4. The second-order valence-corrected chi connectivity index (χ2v) is 15.7. The SMILES string of the molecule is CC(=O)N1CCN(C(=O)c2cnc3c(c2)N(Cc2cc(Cl)ccc2Cl)CCN3)CC1.O=C(O)c1ccccc1-c1cnc2c(c1)N(Cc1cc(Cl)ccc1Cl)CCN2. The number of piperazine rings is 1. The topological polar surface area (TPSA) is 134 Å². The number of carbonyl (C=O) groups excluding carboxylic acids is 2. The Kier molecular flexibility index (Phi) is 12.8. The molecule has 0 unspecified atom stereocenters. The summed E-state index contributed by atoms with van der Waals surface area (Å²) in [4.78, 5) is 53.0. The van der Waals surface area contributed by atoms with Crippen LogP contribution < -0.4 is 20.4 Å². The minimum Gasteiger partial charge on any atom is -0.478 e. The average Bonchev–Trinajstić information content (AvgIpc) is 3.23. The first kappa shape index (κ1) is 40.9. The molecule has 5 aromatic rings. The van der Waals surface area contributed by atoms with Crippen LogP contribution in [0, 0.1) is 0 Å². The zero-order valence-corrected chi connectivity index (χ0v) is 34.5. The summed E-state index contributed by atoms with van der Waals surface area (Å²) in [6, 6.07) is 21.6. The standard InChI is InChI=1S/C21H23Cl2N5O2.C21H17Cl2N3O2/c1-14(29)26-6-8-27(9-7-26)21(30)15-11-19-20(25-12-15)24-4-5-28(19)13-16-10-17(22)2-3-18(16)23;22-15-5-6-18(23)14(9-15)12-26-8-7-24-20-19(26)10-13(11-25-20)16-3-1-2-4-17(16)21(27)28/h2-3,10-12H,4-9,13H2,1H3,(H,24,25);1-6,9-11H,7-8,12H2,(H,24,25)(H,27,28). The number of aromatic nitrogens is 2. The number of carboxylic acid groups (broad SMARTS) is 1. The van der Waals surface area contributed by atoms with Gasteiger partial charge in [0.25, 0.3) is 5.91 Å². The van der Waals surface area contributed by atoms with E-state index < -0.39 is 5.97 Å². The van der Waals surface area contributed by atoms with E-state index in [2.05, 4.69) is 30.4 Å². The number of rotatable bonds is 7. The summed E-state index contributed by atoms with van der Waals surface area (Å²) in [6.45, 7) is 7.89. The second kappa shape index (κ2) is 18.1. The summed E-state index contributed by atoms with van der Waals surface area (Å²) in [5.74, 6) is 0.520. The average molecular weight is 863 g/mol. The highest BCUT2D eigenvalue weighted by molar-refractivity contribution is 6.34. The smallest absolute Gasteiger partial charge is 0.336 e. The minimum absolute atomic E-state index is 0.0407. The number of pyridine rings is 2. The molecular weight excluding hydrogens is 822 g/mol. The summed E-state index contributed by atoms with van der Waals surface area (Å²) in [6.07, 6.45) is 3.31. The van der Waals surface area contributed by atoms with Gasteiger partial charge in [-0.25, -0.2) is 14.8 Å². The van der Waals surface area contributed by atoms with E-state index in [1.807, 2.05) is 30.3 Å². The Morgan fingerprint density at radius 1 is 0.672 bits per heavy atom. The highest BCUT2D eigenvalue weighted by atomic mass is 35.5. The summed E-state index contributed by atoms with van der Waals surface area (Å²) in [5.41, 5.74) is 5.80. The van der Waals surface area contributed by atoms with E-state index in [0.717, 1.165) is 65.9 Å². The maximum Gasteiger partial charge on any atom is 0.336 e. The molecule has 16 heteroatoms. The Balaban J connectivity index is 0.000000177. The first-order chi connectivity index (χ1) is 27.9. The number of hydrogen-bond acceptors (Lipinski definition) is 9. The lowest BCUT2D eigenvalue weighted by molar-refractivity contribution is -0.130. The Bertz CT molecular complexity index is 2360. The van der Waals surface area contributed by atoms with Crippen molar-refractivity contribution in [3.8, 4) is 11.1 Å². The van der Waals surface area contributed by atoms with Crippen LogP contribution in [0.5, 0.6) is 0 Å². The van der Waals surface area contributed by atoms with E-state index in [-0.39, 0.29) is 17.4 Å². The monoisotopic (exact) mass is 860 g/mol. The molecule has 1 fully saturated rings. The van der Waals surface area contributed by atoms with Crippen LogP contribution in [0.3, 0.4) is 0 Å². The van der Waals surface area contributed by atoms with Crippen LogP contribution in [-0.2, 0) is 17.9 Å². The molecule has 0 atom stereocenters. The van der Waals surface area contributed by atoms with Crippen molar-refractivity contribution in [2.24, 2.45) is 0 Å². The van der Waals surface area contributed by atoms with Crippen molar-refractivity contribution in [3.63, 3.8) is 0 Å². The van der Waals surface area contributed by atoms with Crippen LogP contribution in [0.2, 0.25) is 20.1 Å². The third-order valence-electron chi connectivity index (χ3n) is 10.2. The van der Waals surface area contributed by atoms with Crippen molar-refractivity contribution in [1.82, 2.24) is 19.8 Å². The van der Waals surface area contributed by atoms with Gasteiger partial charge in [0, 0.05) is 110 Å². The molecule has 2 aromatic heterocycles. The van der Waals surface area contributed by atoms with Gasteiger partial charge in [-0.2, -0.15) is 0 Å². The highest BCUT2D eigenvalue weighted by Gasteiger charge is 2.27. The number of nitrogens with one attached hydrogen (secondary N) is 2. The lowest BCUT2D eigenvalue weighted by Crippen LogP contribution is -2.50. The van der Waals surface area contributed by atoms with Gasteiger partial charge in [-0.1, -0.05) is 64.6 Å². The van der Waals surface area contributed by atoms with Gasteiger partial charge in [-0.05, 0) is 71.3 Å². The largest absolute Gasteiger partial charge is 0.478 e. The van der Waals surface area contributed by atoms with Crippen LogP contribution in [0.15, 0.2) is 85.2 Å². The summed E-state index contributed by atoms with van der Waals surface area (Å²) < 4.78 is 0. The van der Waals surface area contributed by atoms with Crippen molar-refractivity contribution in [3.05, 3.63) is 128 Å². The number of fused-ring (bicyclic) bond motifs is 2. The molecule has 0 saturated carbocycles. The van der Waals surface area contributed by atoms with Crippen LogP contribution >= 0.6 is 46.4 Å². The molecular formula is C42H40Cl4N8O4. The van der Waals surface area contributed by atoms with Gasteiger partial charge in [-0.3, -0.25) is 9.59 Å². The number of carbonyl (C=O) groups is 3. The van der Waals surface area contributed by atoms with Crippen molar-refractivity contribution in [2.75, 3.05) is 72.8 Å². The summed E-state index contributed by atoms with van der Waals surface area (Å²) >= 11 is 25.0. The molecule has 3 aliphatic rings. The summed E-state index contributed by atoms with van der Waals surface area (Å²) in [7, 11) is 0. The van der Waals surface area contributed by atoms with Crippen LogP contribution in [0.1, 0.15) is 38.8 Å². The lowest BCUT2D eigenvalue weighted by atomic mass is 10.0. The molecule has 0 aliphatic carbocycles. The van der Waals surface area contributed by atoms with Crippen molar-refractivity contribution >= 4 is 87.2 Å². The highest BCUT2D eigenvalue weighted by Crippen LogP contribution is 2.36. The molecule has 3 aromatic carbocycles. The fourth-order valence-electron chi connectivity index (χ4n) is 7.18. The van der Waals surface area contributed by atoms with Crippen molar-refractivity contribution < 1.29 is 19.5 Å². The Labute approximate surface area is 356 Å². The van der Waals surface area contributed by atoms with Crippen molar-refractivity contribution in [2.45, 2.75) is 20.0 Å². The molecule has 58 heavy (non-hydrogen) atoms. The van der Waals surface area contributed by atoms with Gasteiger partial charge >= 0.3 is 5.97 Å². The molecule has 0 spiro atoms. The Hall–Kier alpha value is -5.27. The fraction of sp³-hybridized carbons (Fsp3) is 0.262. The quantitative estimate of drug-likeness (QED) is 0.147. The van der Waals surface area contributed by atoms with E-state index in [0.29, 0.717) is 70.5 Å². The van der Waals surface area contributed by atoms with E-state index in [1.165, 1.54) is 0 Å². The van der Waals surface area contributed by atoms with E-state index >= 15 is 0 Å². The Morgan fingerprint density at radius 2 is 1.21 bits per heavy atom. The van der Waals surface area contributed by atoms with Crippen molar-refractivity contribution in [1.29, 1.82) is 0 Å². The van der Waals surface area contributed by atoms with Crippen LogP contribution in [-0.4, -0.2) is 95.0 Å². The molecule has 8 rings (SSSR count). The molecule has 300 valence electrons. The van der Waals surface area contributed by atoms with Crippen LogP contribution in [0.4, 0.5) is 23.0 Å². The predicted molar refractivity (Wildman–Crippen MR) is 231 cm³/mol. The number of amides is 2. The number of aromatic carboxylic acids is 1. The molecule has 5 heterocycles. The first-order valence-electron chi connectivity index (χ1n) is 18.7. The molecule has 0 bridgehead atoms. The normalized spacial score (nSPS) is 14.6. The number of benzene rings is 3. The predicted octanol–water partition coefficient (Wildman–Crippen LogP) is 8.31. The molecule has 1 saturated heterocycles. The van der Waals surface area contributed by atoms with Gasteiger partial charge in [-0.15, -0.1) is 0 Å². The summed E-state index contributed by atoms with van der Waals surface area (Å²) in [5, 5.41) is 18.7. The van der Waals surface area contributed by atoms with Gasteiger partial charge in [0.15, 0.2) is 0 Å². The number of halogens is 4. The molecule has 0 radical (unpaired) electrons. The van der Waals surface area contributed by atoms with Gasteiger partial charge in [0.05, 0.1) is 22.5 Å². The second-order valence-electron chi connectivity index (χ2n) is 14.0. The first-order valence-corrected chi connectivity index (χ1v) is 20.2. The minimum atomic E-state index is -0.964. The van der Waals surface area contributed by atoms with Gasteiger partial charge in [0.1, 0.15) is 11.6 Å². The number of carboxylic acids is 1. The van der Waals surface area contributed by atoms with E-state index in [9.17, 15) is 19.5 Å². The number of nitrogens with zero attached hydrogens (tertiary/aromatic N) is 6. The zero-order chi connectivity index (χ0) is 40.9. The molecule has 2 amide bonds. The van der Waals surface area contributed by atoms with Crippen LogP contribution in [0.25, 0.3) is 11.1 Å². The van der Waals surface area contributed by atoms with E-state index in [4.69, 9.17) is 46.4 Å². The van der Waals surface area contributed by atoms with Gasteiger partial charge in [0.2, 0.25) is 5.91 Å². The Morgan fingerprint density at radius 3 is 1.78 bits per heavy atom. The fourth-order valence-corrected chi connectivity index (χ4v) is 7.93. The number of hydrogen-bond donors (Lipinski definition) is 3. The maximum absolute atomic E-state index is 13.0. The van der Waals surface area contributed by atoms with Gasteiger partial charge < -0.3 is 35.3 Å². The lowest BCUT2D eigenvalue weighted by Gasteiger charge is -2.35. The molecule has 3 aliphatic heterocycles. The third kappa shape index (κ3) is 9.37. The molecule has 3 N–H and O–H groups in total. The third-order valence-corrected chi connectivity index (χ3v) is 11.4. The van der Waals surface area contributed by atoms with E-state index in [1.54, 1.807) is 71.6 Å².